The number of para-hydroxylation sites is 2. The van der Waals surface area contributed by atoms with Gasteiger partial charge in [-0.25, -0.2) is 0 Å². The first-order chi connectivity index (χ1) is 6.29. The predicted molar refractivity (Wildman–Crippen MR) is 49.7 cm³/mol. The van der Waals surface area contributed by atoms with Gasteiger partial charge in [-0.15, -0.1) is 0 Å². The van der Waals surface area contributed by atoms with Crippen molar-refractivity contribution < 1.29 is 0 Å². The Kier molecular flexibility index (Phi) is 2.73. The van der Waals surface area contributed by atoms with Gasteiger partial charge in [0, 0.05) is 7.05 Å². The highest BCUT2D eigenvalue weighted by atomic mass is 15.1. The summed E-state index contributed by atoms with van der Waals surface area (Å²) in [5.41, 5.74) is 1.32. The average molecular weight is 172 g/mol. The summed E-state index contributed by atoms with van der Waals surface area (Å²) in [4.78, 5) is 1.39. The van der Waals surface area contributed by atoms with Crippen LogP contribution in [0.2, 0.25) is 0 Å². The average Bonchev–Trinajstić information content (AvgIpc) is 2.18. The van der Waals surface area contributed by atoms with Crippen LogP contribution in [-0.4, -0.2) is 7.05 Å². The maximum absolute atomic E-state index is 8.65. The van der Waals surface area contributed by atoms with Crippen LogP contribution in [0.25, 0.3) is 0 Å². The molecule has 0 aliphatic rings. The minimum absolute atomic E-state index is 0.633. The predicted octanol–water partition coefficient (Wildman–Crippen LogP) is 1.50. The smallest absolute Gasteiger partial charge is 0.184 e. The summed E-state index contributed by atoms with van der Waals surface area (Å²) < 4.78 is 0. The van der Waals surface area contributed by atoms with Crippen LogP contribution in [0, 0.1) is 22.9 Å². The Labute approximate surface area is 76.6 Å². The lowest BCUT2D eigenvalue weighted by molar-refractivity contribution is 1.20. The molecule has 1 N–H and O–H groups in total. The zero-order valence-electron chi connectivity index (χ0n) is 7.15. The lowest BCUT2D eigenvalue weighted by Gasteiger charge is -2.12. The van der Waals surface area contributed by atoms with Crippen molar-refractivity contribution in [3.8, 4) is 12.4 Å². The Morgan fingerprint density at radius 1 is 1.31 bits per heavy atom. The van der Waals surface area contributed by atoms with Gasteiger partial charge in [-0.1, -0.05) is 12.1 Å². The van der Waals surface area contributed by atoms with E-state index in [4.69, 9.17) is 10.5 Å². The summed E-state index contributed by atoms with van der Waals surface area (Å²) in [5, 5.41) is 19.6. The molecule has 0 saturated heterocycles. The molecule has 0 atom stereocenters. The third kappa shape index (κ3) is 1.88. The van der Waals surface area contributed by atoms with Crippen LogP contribution < -0.4 is 10.2 Å². The van der Waals surface area contributed by atoms with E-state index in [-0.39, 0.29) is 0 Å². The molecule has 0 bridgehead atoms. The quantitative estimate of drug-likeness (QED) is 0.542. The van der Waals surface area contributed by atoms with E-state index in [1.807, 2.05) is 18.5 Å². The van der Waals surface area contributed by atoms with E-state index in [2.05, 4.69) is 5.32 Å². The van der Waals surface area contributed by atoms with Gasteiger partial charge in [0.2, 0.25) is 0 Å². The Morgan fingerprint density at radius 3 is 2.62 bits per heavy atom. The van der Waals surface area contributed by atoms with Gasteiger partial charge in [-0.3, -0.25) is 10.2 Å². The second kappa shape index (κ2) is 3.99. The summed E-state index contributed by atoms with van der Waals surface area (Å²) in [5.74, 6) is 0. The van der Waals surface area contributed by atoms with Gasteiger partial charge in [0.1, 0.15) is 0 Å². The van der Waals surface area contributed by atoms with Gasteiger partial charge < -0.3 is 0 Å². The minimum atomic E-state index is 0.633. The van der Waals surface area contributed by atoms with Crippen molar-refractivity contribution in [2.45, 2.75) is 0 Å². The number of nitriles is 2. The van der Waals surface area contributed by atoms with Crippen LogP contribution in [-0.2, 0) is 0 Å². The summed E-state index contributed by atoms with van der Waals surface area (Å²) >= 11 is 0. The highest BCUT2D eigenvalue weighted by Gasteiger charge is 2.04. The molecule has 0 aromatic heterocycles. The summed E-state index contributed by atoms with van der Waals surface area (Å²) in [6.45, 7) is 0. The van der Waals surface area contributed by atoms with Crippen molar-refractivity contribution in [3.63, 3.8) is 0 Å². The maximum Gasteiger partial charge on any atom is 0.184 e. The van der Waals surface area contributed by atoms with Crippen molar-refractivity contribution in [1.82, 2.24) is 0 Å². The molecule has 1 aromatic rings. The Balaban J connectivity index is 3.07. The molecule has 1 rings (SSSR count). The molecule has 0 amide bonds. The molecule has 1 aromatic carbocycles. The molecule has 0 heterocycles. The molecule has 0 aliphatic carbocycles. The van der Waals surface area contributed by atoms with Gasteiger partial charge in [0.15, 0.2) is 12.4 Å². The fraction of sp³-hybridized carbons (Fsp3) is 0.111. The van der Waals surface area contributed by atoms with E-state index in [0.29, 0.717) is 11.4 Å². The zero-order valence-corrected chi connectivity index (χ0v) is 7.15. The second-order valence-electron chi connectivity index (χ2n) is 2.41. The molecule has 0 spiro atoms. The molecule has 13 heavy (non-hydrogen) atoms. The van der Waals surface area contributed by atoms with E-state index in [0.717, 1.165) is 0 Å². The van der Waals surface area contributed by atoms with E-state index >= 15 is 0 Å². The fourth-order valence-electron chi connectivity index (χ4n) is 0.986. The normalized spacial score (nSPS) is 8.23. The van der Waals surface area contributed by atoms with Gasteiger partial charge in [0.25, 0.3) is 0 Å². The lowest BCUT2D eigenvalue weighted by atomic mass is 10.2. The largest absolute Gasteiger partial charge is 0.291 e. The first-order valence-corrected chi connectivity index (χ1v) is 3.67. The van der Waals surface area contributed by atoms with Crippen molar-refractivity contribution in [3.05, 3.63) is 24.3 Å². The third-order valence-electron chi connectivity index (χ3n) is 1.61. The van der Waals surface area contributed by atoms with Crippen molar-refractivity contribution >= 4 is 11.4 Å². The van der Waals surface area contributed by atoms with Crippen molar-refractivity contribution in [2.75, 3.05) is 17.3 Å². The van der Waals surface area contributed by atoms with Crippen molar-refractivity contribution in [1.29, 1.82) is 10.5 Å². The maximum atomic E-state index is 8.65. The molecule has 64 valence electrons. The number of hydrogen-bond donors (Lipinski definition) is 1. The number of benzene rings is 1. The number of hydrogen-bond acceptors (Lipinski definition) is 4. The van der Waals surface area contributed by atoms with Crippen LogP contribution in [0.15, 0.2) is 24.3 Å². The van der Waals surface area contributed by atoms with Gasteiger partial charge >= 0.3 is 0 Å². The van der Waals surface area contributed by atoms with Crippen LogP contribution in [0.1, 0.15) is 0 Å². The highest BCUT2D eigenvalue weighted by molar-refractivity contribution is 5.72. The lowest BCUT2D eigenvalue weighted by Crippen LogP contribution is -2.09. The Morgan fingerprint density at radius 2 is 2.00 bits per heavy atom. The molecule has 0 aliphatic heterocycles. The SMILES string of the molecule is CN(C#N)c1ccccc1NC#N. The van der Waals surface area contributed by atoms with Crippen LogP contribution in [0.3, 0.4) is 0 Å². The van der Waals surface area contributed by atoms with Gasteiger partial charge in [-0.2, -0.15) is 10.5 Å². The third-order valence-corrected chi connectivity index (χ3v) is 1.61. The molecular weight excluding hydrogens is 164 g/mol. The second-order valence-corrected chi connectivity index (χ2v) is 2.41. The molecular formula is C9H8N4. The van der Waals surface area contributed by atoms with Gasteiger partial charge in [-0.05, 0) is 12.1 Å². The molecule has 0 radical (unpaired) electrons. The van der Waals surface area contributed by atoms with Crippen LogP contribution in [0.4, 0.5) is 11.4 Å². The Hall–Kier alpha value is -2.20. The fourth-order valence-corrected chi connectivity index (χ4v) is 0.986. The highest BCUT2D eigenvalue weighted by Crippen LogP contribution is 2.23. The van der Waals surface area contributed by atoms with E-state index in [9.17, 15) is 0 Å². The molecule has 0 unspecified atom stereocenters. The first-order valence-electron chi connectivity index (χ1n) is 3.67. The number of nitrogens with zero attached hydrogens (tertiary/aromatic N) is 3. The van der Waals surface area contributed by atoms with E-state index in [1.165, 1.54) is 4.90 Å². The zero-order chi connectivity index (χ0) is 9.68. The van der Waals surface area contributed by atoms with Gasteiger partial charge in [0.05, 0.1) is 11.4 Å². The molecule has 0 saturated carbocycles. The summed E-state index contributed by atoms with van der Waals surface area (Å²) in [6, 6.07) is 7.12. The minimum Gasteiger partial charge on any atom is -0.291 e. The van der Waals surface area contributed by atoms with Crippen LogP contribution in [0.5, 0.6) is 0 Å². The molecule has 0 fully saturated rings. The standard InChI is InChI=1S/C9H8N4/c1-13(7-11)9-5-3-2-4-8(9)12-6-10/h2-5,12H,1H3. The van der Waals surface area contributed by atoms with Crippen LogP contribution >= 0.6 is 0 Å². The number of nitrogens with one attached hydrogen (secondary N) is 1. The van der Waals surface area contributed by atoms with E-state index in [1.54, 1.807) is 25.2 Å². The first kappa shape index (κ1) is 8.89. The monoisotopic (exact) mass is 172 g/mol. The summed E-state index contributed by atoms with van der Waals surface area (Å²) in [6.07, 6.45) is 3.78. The molecule has 4 nitrogen and oxygen atoms in total. The summed E-state index contributed by atoms with van der Waals surface area (Å²) in [7, 11) is 1.64. The van der Waals surface area contributed by atoms with E-state index < -0.39 is 0 Å². The number of rotatable bonds is 2. The number of anilines is 2. The van der Waals surface area contributed by atoms with Crippen molar-refractivity contribution in [2.24, 2.45) is 0 Å². The Bertz CT molecular complexity index is 372. The topological polar surface area (TPSA) is 62.9 Å². The molecule has 4 heteroatoms.